The zero-order chi connectivity index (χ0) is 22.6. The van der Waals surface area contributed by atoms with Crippen LogP contribution < -0.4 is 15.4 Å². The SMILES string of the molecule is CCOC(=O)C1=C(CS(=O)(=O)c2ccc(F)cc2)NC(=O)N[C@@H]1c1cccc(OC)c1. The molecule has 10 heteroatoms. The Morgan fingerprint density at radius 2 is 1.87 bits per heavy atom. The van der Waals surface area contributed by atoms with E-state index < -0.39 is 39.4 Å². The van der Waals surface area contributed by atoms with Crippen molar-refractivity contribution in [2.45, 2.75) is 17.9 Å². The van der Waals surface area contributed by atoms with Gasteiger partial charge in [-0.15, -0.1) is 0 Å². The molecular formula is C21H21FN2O6S. The Morgan fingerprint density at radius 1 is 1.16 bits per heavy atom. The first-order chi connectivity index (χ1) is 14.7. The van der Waals surface area contributed by atoms with Crippen LogP contribution >= 0.6 is 0 Å². The van der Waals surface area contributed by atoms with Crippen molar-refractivity contribution in [2.24, 2.45) is 0 Å². The summed E-state index contributed by atoms with van der Waals surface area (Å²) in [7, 11) is -2.52. The normalized spacial score (nSPS) is 16.4. The minimum absolute atomic E-state index is 0.0413. The van der Waals surface area contributed by atoms with Crippen LogP contribution in [0.4, 0.5) is 9.18 Å². The fourth-order valence-electron chi connectivity index (χ4n) is 3.17. The molecule has 0 saturated heterocycles. The molecule has 3 rings (SSSR count). The van der Waals surface area contributed by atoms with E-state index in [9.17, 15) is 22.4 Å². The van der Waals surface area contributed by atoms with Crippen LogP contribution in [0.15, 0.2) is 64.7 Å². The molecule has 1 aliphatic rings. The van der Waals surface area contributed by atoms with Gasteiger partial charge in [0.25, 0.3) is 0 Å². The van der Waals surface area contributed by atoms with Gasteiger partial charge in [0, 0.05) is 5.70 Å². The molecule has 0 spiro atoms. The number of sulfone groups is 1. The predicted octanol–water partition coefficient (Wildman–Crippen LogP) is 2.48. The van der Waals surface area contributed by atoms with Crippen molar-refractivity contribution in [2.75, 3.05) is 19.5 Å². The Labute approximate surface area is 179 Å². The molecular weight excluding hydrogens is 427 g/mol. The number of nitrogens with one attached hydrogen (secondary N) is 2. The molecule has 2 N–H and O–H groups in total. The summed E-state index contributed by atoms with van der Waals surface area (Å²) in [5.74, 6) is -1.54. The highest BCUT2D eigenvalue weighted by Gasteiger charge is 2.35. The largest absolute Gasteiger partial charge is 0.497 e. The number of methoxy groups -OCH3 is 1. The number of halogens is 1. The molecule has 31 heavy (non-hydrogen) atoms. The summed E-state index contributed by atoms with van der Waals surface area (Å²) in [5.41, 5.74) is 0.355. The zero-order valence-corrected chi connectivity index (χ0v) is 17.7. The Balaban J connectivity index is 2.10. The summed E-state index contributed by atoms with van der Waals surface area (Å²) >= 11 is 0. The topological polar surface area (TPSA) is 111 Å². The Bertz CT molecular complexity index is 1130. The number of benzene rings is 2. The molecule has 0 aliphatic carbocycles. The van der Waals surface area contributed by atoms with Gasteiger partial charge in [0.05, 0.1) is 36.0 Å². The van der Waals surface area contributed by atoms with Crippen LogP contribution in [0.1, 0.15) is 18.5 Å². The summed E-state index contributed by atoms with van der Waals surface area (Å²) in [6, 6.07) is 9.33. The zero-order valence-electron chi connectivity index (χ0n) is 16.8. The van der Waals surface area contributed by atoms with Crippen molar-refractivity contribution in [1.29, 1.82) is 0 Å². The molecule has 164 valence electrons. The molecule has 0 bridgehead atoms. The van der Waals surface area contributed by atoms with Gasteiger partial charge in [-0.25, -0.2) is 22.4 Å². The van der Waals surface area contributed by atoms with Crippen molar-refractivity contribution in [1.82, 2.24) is 10.6 Å². The van der Waals surface area contributed by atoms with Crippen LogP contribution in [0.3, 0.4) is 0 Å². The van der Waals surface area contributed by atoms with Crippen LogP contribution in [0.2, 0.25) is 0 Å². The van der Waals surface area contributed by atoms with Gasteiger partial charge in [-0.1, -0.05) is 12.1 Å². The summed E-state index contributed by atoms with van der Waals surface area (Å²) in [6.07, 6.45) is 0. The monoisotopic (exact) mass is 448 g/mol. The van der Waals surface area contributed by atoms with E-state index in [1.54, 1.807) is 31.2 Å². The number of rotatable bonds is 7. The maximum absolute atomic E-state index is 13.2. The number of carbonyl (C=O) groups excluding carboxylic acids is 2. The van der Waals surface area contributed by atoms with Crippen molar-refractivity contribution in [3.05, 3.63) is 71.2 Å². The molecule has 2 aromatic carbocycles. The van der Waals surface area contributed by atoms with Crippen molar-refractivity contribution in [3.8, 4) is 5.75 Å². The lowest BCUT2D eigenvalue weighted by molar-refractivity contribution is -0.139. The maximum Gasteiger partial charge on any atom is 0.338 e. The van der Waals surface area contributed by atoms with Gasteiger partial charge in [-0.05, 0) is 48.9 Å². The second kappa shape index (κ2) is 9.17. The average Bonchev–Trinajstić information content (AvgIpc) is 2.73. The first kappa shape index (κ1) is 22.3. The third kappa shape index (κ3) is 5.02. The Kier molecular flexibility index (Phi) is 6.59. The van der Waals surface area contributed by atoms with Gasteiger partial charge in [-0.2, -0.15) is 0 Å². The second-order valence-electron chi connectivity index (χ2n) is 6.63. The molecule has 2 amide bonds. The fourth-order valence-corrected chi connectivity index (χ4v) is 4.49. The van der Waals surface area contributed by atoms with E-state index in [2.05, 4.69) is 10.6 Å². The molecule has 0 unspecified atom stereocenters. The Morgan fingerprint density at radius 3 is 2.52 bits per heavy atom. The highest BCUT2D eigenvalue weighted by atomic mass is 32.2. The number of hydrogen-bond donors (Lipinski definition) is 2. The lowest BCUT2D eigenvalue weighted by Gasteiger charge is -2.29. The first-order valence-electron chi connectivity index (χ1n) is 9.35. The fraction of sp³-hybridized carbons (Fsp3) is 0.238. The highest BCUT2D eigenvalue weighted by molar-refractivity contribution is 7.91. The smallest absolute Gasteiger partial charge is 0.338 e. The van der Waals surface area contributed by atoms with Gasteiger partial charge in [0.2, 0.25) is 0 Å². The number of amides is 2. The molecule has 0 fully saturated rings. The van der Waals surface area contributed by atoms with E-state index in [1.165, 1.54) is 7.11 Å². The van der Waals surface area contributed by atoms with Crippen molar-refractivity contribution >= 4 is 21.8 Å². The Hall–Kier alpha value is -3.40. The van der Waals surface area contributed by atoms with E-state index in [0.717, 1.165) is 24.3 Å². The molecule has 0 saturated carbocycles. The van der Waals surface area contributed by atoms with E-state index in [-0.39, 0.29) is 22.8 Å². The van der Waals surface area contributed by atoms with Gasteiger partial charge in [0.15, 0.2) is 9.84 Å². The molecule has 1 aliphatic heterocycles. The number of carbonyl (C=O) groups is 2. The lowest BCUT2D eigenvalue weighted by atomic mass is 9.95. The van der Waals surface area contributed by atoms with E-state index >= 15 is 0 Å². The number of urea groups is 1. The van der Waals surface area contributed by atoms with E-state index in [1.807, 2.05) is 0 Å². The summed E-state index contributed by atoms with van der Waals surface area (Å²) in [5, 5.41) is 5.04. The standard InChI is InChI=1S/C21H21FN2O6S/c1-3-30-20(25)18-17(12-31(27,28)16-9-7-14(22)8-10-16)23-21(26)24-19(18)13-5-4-6-15(11-13)29-2/h4-11,19H,3,12H2,1-2H3,(H2,23,24,26)/t19-/m1/s1. The van der Waals surface area contributed by atoms with Crippen LogP contribution in [-0.2, 0) is 19.4 Å². The van der Waals surface area contributed by atoms with Gasteiger partial charge in [-0.3, -0.25) is 0 Å². The summed E-state index contributed by atoms with van der Waals surface area (Å²) in [6.45, 7) is 1.67. The first-order valence-corrected chi connectivity index (χ1v) is 11.0. The van der Waals surface area contributed by atoms with Crippen LogP contribution in [0, 0.1) is 5.82 Å². The van der Waals surface area contributed by atoms with Crippen molar-refractivity contribution in [3.63, 3.8) is 0 Å². The second-order valence-corrected chi connectivity index (χ2v) is 8.62. The molecule has 1 heterocycles. The van der Waals surface area contributed by atoms with Crippen LogP contribution in [-0.4, -0.2) is 39.9 Å². The maximum atomic E-state index is 13.2. The lowest BCUT2D eigenvalue weighted by Crippen LogP contribution is -2.47. The molecule has 1 atom stereocenters. The molecule has 2 aromatic rings. The van der Waals surface area contributed by atoms with Crippen molar-refractivity contribution < 1.29 is 31.9 Å². The molecule has 0 aromatic heterocycles. The third-order valence-corrected chi connectivity index (χ3v) is 6.24. The summed E-state index contributed by atoms with van der Waals surface area (Å²) in [4.78, 5) is 25.0. The number of hydrogen-bond acceptors (Lipinski definition) is 6. The van der Waals surface area contributed by atoms with Gasteiger partial charge < -0.3 is 20.1 Å². The van der Waals surface area contributed by atoms with E-state index in [4.69, 9.17) is 9.47 Å². The number of esters is 1. The quantitative estimate of drug-likeness (QED) is 0.497. The van der Waals surface area contributed by atoms with E-state index in [0.29, 0.717) is 11.3 Å². The third-order valence-electron chi connectivity index (χ3n) is 4.58. The van der Waals surface area contributed by atoms with Crippen LogP contribution in [0.5, 0.6) is 5.75 Å². The minimum Gasteiger partial charge on any atom is -0.497 e. The van der Waals surface area contributed by atoms with Gasteiger partial charge >= 0.3 is 12.0 Å². The number of ether oxygens (including phenoxy) is 2. The highest BCUT2D eigenvalue weighted by Crippen LogP contribution is 2.31. The van der Waals surface area contributed by atoms with Gasteiger partial charge in [0.1, 0.15) is 11.6 Å². The molecule has 0 radical (unpaired) electrons. The average molecular weight is 448 g/mol. The molecule has 8 nitrogen and oxygen atoms in total. The summed E-state index contributed by atoms with van der Waals surface area (Å²) < 4.78 is 49.3. The predicted molar refractivity (Wildman–Crippen MR) is 110 cm³/mol. The van der Waals surface area contributed by atoms with Crippen LogP contribution in [0.25, 0.3) is 0 Å². The minimum atomic E-state index is -4.00.